The van der Waals surface area contributed by atoms with Crippen molar-refractivity contribution in [2.24, 2.45) is 5.73 Å². The standard InChI is InChI=1S/C13H11F3N2O2/c1-2-9-10(11(17)19)20-12(18-9)7-4-3-5-8(6-7)13(14,15)16/h3-6H,2H2,1H3,(H2,17,19). The summed E-state index contributed by atoms with van der Waals surface area (Å²) < 4.78 is 43.1. The Kier molecular flexibility index (Phi) is 3.52. The van der Waals surface area contributed by atoms with Crippen LogP contribution in [0.4, 0.5) is 13.2 Å². The molecule has 1 heterocycles. The van der Waals surface area contributed by atoms with Gasteiger partial charge in [0.25, 0.3) is 5.91 Å². The third kappa shape index (κ3) is 2.66. The molecule has 1 aromatic heterocycles. The second-order valence-corrected chi connectivity index (χ2v) is 4.09. The van der Waals surface area contributed by atoms with Gasteiger partial charge in [0.2, 0.25) is 11.7 Å². The molecule has 0 unspecified atom stereocenters. The Bertz CT molecular complexity index is 647. The topological polar surface area (TPSA) is 69.1 Å². The van der Waals surface area contributed by atoms with Gasteiger partial charge in [-0.3, -0.25) is 4.79 Å². The molecule has 4 nitrogen and oxygen atoms in total. The number of aromatic nitrogens is 1. The van der Waals surface area contributed by atoms with Gasteiger partial charge in [-0.2, -0.15) is 13.2 Å². The minimum atomic E-state index is -4.46. The van der Waals surface area contributed by atoms with Crippen LogP contribution in [-0.4, -0.2) is 10.9 Å². The molecule has 1 aromatic carbocycles. The molecule has 0 bridgehead atoms. The quantitative estimate of drug-likeness (QED) is 0.941. The molecule has 2 aromatic rings. The van der Waals surface area contributed by atoms with Gasteiger partial charge in [-0.15, -0.1) is 0 Å². The molecule has 0 saturated heterocycles. The highest BCUT2D eigenvalue weighted by atomic mass is 19.4. The number of benzene rings is 1. The van der Waals surface area contributed by atoms with Gasteiger partial charge in [-0.1, -0.05) is 13.0 Å². The SMILES string of the molecule is CCc1nc(-c2cccc(C(F)(F)F)c2)oc1C(N)=O. The maximum Gasteiger partial charge on any atom is 0.416 e. The number of carbonyl (C=O) groups is 1. The van der Waals surface area contributed by atoms with Gasteiger partial charge in [0.05, 0.1) is 11.3 Å². The van der Waals surface area contributed by atoms with Crippen LogP contribution in [0.2, 0.25) is 0 Å². The van der Waals surface area contributed by atoms with E-state index in [9.17, 15) is 18.0 Å². The zero-order valence-electron chi connectivity index (χ0n) is 10.5. The summed E-state index contributed by atoms with van der Waals surface area (Å²) in [7, 11) is 0. The van der Waals surface area contributed by atoms with E-state index in [-0.39, 0.29) is 17.2 Å². The van der Waals surface area contributed by atoms with Crippen LogP contribution in [0.25, 0.3) is 11.5 Å². The normalized spacial score (nSPS) is 11.6. The van der Waals surface area contributed by atoms with E-state index in [0.29, 0.717) is 12.1 Å². The van der Waals surface area contributed by atoms with Gasteiger partial charge in [0.15, 0.2) is 0 Å². The van der Waals surface area contributed by atoms with Gasteiger partial charge in [-0.25, -0.2) is 4.98 Å². The molecule has 0 spiro atoms. The Balaban J connectivity index is 2.49. The lowest BCUT2D eigenvalue weighted by Gasteiger charge is -2.06. The van der Waals surface area contributed by atoms with Crippen LogP contribution in [0.15, 0.2) is 28.7 Å². The number of amides is 1. The Hall–Kier alpha value is -2.31. The summed E-state index contributed by atoms with van der Waals surface area (Å²) in [6.45, 7) is 1.74. The summed E-state index contributed by atoms with van der Waals surface area (Å²) in [6.07, 6.45) is -4.07. The first kappa shape index (κ1) is 14.1. The average molecular weight is 284 g/mol. The largest absolute Gasteiger partial charge is 0.431 e. The van der Waals surface area contributed by atoms with Crippen LogP contribution in [0.1, 0.15) is 28.7 Å². The molecular formula is C13H11F3N2O2. The lowest BCUT2D eigenvalue weighted by molar-refractivity contribution is -0.137. The Morgan fingerprint density at radius 1 is 1.40 bits per heavy atom. The summed E-state index contributed by atoms with van der Waals surface area (Å²) in [5.41, 5.74) is 4.78. The molecule has 20 heavy (non-hydrogen) atoms. The number of primary amides is 1. The summed E-state index contributed by atoms with van der Waals surface area (Å²) in [4.78, 5) is 15.2. The first-order chi connectivity index (χ1) is 9.32. The minimum absolute atomic E-state index is 0.0539. The molecule has 0 radical (unpaired) electrons. The minimum Gasteiger partial charge on any atom is -0.431 e. The van der Waals surface area contributed by atoms with E-state index in [4.69, 9.17) is 10.2 Å². The van der Waals surface area contributed by atoms with Gasteiger partial charge in [0.1, 0.15) is 0 Å². The zero-order valence-corrected chi connectivity index (χ0v) is 10.5. The highest BCUT2D eigenvalue weighted by molar-refractivity contribution is 5.91. The fraction of sp³-hybridized carbons (Fsp3) is 0.231. The highest BCUT2D eigenvalue weighted by Crippen LogP contribution is 2.32. The molecule has 2 rings (SSSR count). The number of halogens is 3. The Morgan fingerprint density at radius 2 is 2.10 bits per heavy atom. The molecule has 2 N–H and O–H groups in total. The number of nitrogens with two attached hydrogens (primary N) is 1. The smallest absolute Gasteiger partial charge is 0.416 e. The monoisotopic (exact) mass is 284 g/mol. The van der Waals surface area contributed by atoms with Crippen LogP contribution < -0.4 is 5.73 Å². The summed E-state index contributed by atoms with van der Waals surface area (Å²) >= 11 is 0. The zero-order chi connectivity index (χ0) is 14.9. The maximum atomic E-state index is 12.6. The molecule has 0 atom stereocenters. The van der Waals surface area contributed by atoms with E-state index < -0.39 is 17.6 Å². The molecule has 106 valence electrons. The van der Waals surface area contributed by atoms with Gasteiger partial charge >= 0.3 is 6.18 Å². The molecule has 0 aliphatic carbocycles. The number of hydrogen-bond donors (Lipinski definition) is 1. The van der Waals surface area contributed by atoms with Crippen molar-refractivity contribution in [3.8, 4) is 11.5 Å². The van der Waals surface area contributed by atoms with Gasteiger partial charge in [0, 0.05) is 5.56 Å². The average Bonchev–Trinajstić information content (AvgIpc) is 2.82. The van der Waals surface area contributed by atoms with Gasteiger partial charge < -0.3 is 10.2 Å². The molecule has 7 heteroatoms. The van der Waals surface area contributed by atoms with E-state index in [1.54, 1.807) is 6.92 Å². The van der Waals surface area contributed by atoms with Crippen molar-refractivity contribution in [1.82, 2.24) is 4.98 Å². The van der Waals surface area contributed by atoms with Crippen LogP contribution in [0.3, 0.4) is 0 Å². The fourth-order valence-corrected chi connectivity index (χ4v) is 1.74. The Labute approximate surface area is 112 Å². The highest BCUT2D eigenvalue weighted by Gasteiger charge is 2.31. The molecule has 1 amide bonds. The lowest BCUT2D eigenvalue weighted by atomic mass is 10.1. The fourth-order valence-electron chi connectivity index (χ4n) is 1.74. The van der Waals surface area contributed by atoms with E-state index in [0.717, 1.165) is 12.1 Å². The molecular weight excluding hydrogens is 273 g/mol. The van der Waals surface area contributed by atoms with Crippen molar-refractivity contribution in [3.05, 3.63) is 41.3 Å². The predicted octanol–water partition coefficient (Wildman–Crippen LogP) is 3.02. The molecule has 0 saturated carbocycles. The maximum absolute atomic E-state index is 12.6. The van der Waals surface area contributed by atoms with Crippen molar-refractivity contribution < 1.29 is 22.4 Å². The summed E-state index contributed by atoms with van der Waals surface area (Å²) in [6, 6.07) is 4.53. The third-order valence-corrected chi connectivity index (χ3v) is 2.69. The van der Waals surface area contributed by atoms with E-state index >= 15 is 0 Å². The van der Waals surface area contributed by atoms with Crippen LogP contribution in [-0.2, 0) is 12.6 Å². The predicted molar refractivity (Wildman–Crippen MR) is 64.8 cm³/mol. The van der Waals surface area contributed by atoms with Crippen molar-refractivity contribution in [2.45, 2.75) is 19.5 Å². The van der Waals surface area contributed by atoms with Crippen molar-refractivity contribution in [3.63, 3.8) is 0 Å². The number of alkyl halides is 3. The number of carbonyl (C=O) groups excluding carboxylic acids is 1. The van der Waals surface area contributed by atoms with Crippen LogP contribution in [0, 0.1) is 0 Å². The number of rotatable bonds is 3. The second-order valence-electron chi connectivity index (χ2n) is 4.09. The van der Waals surface area contributed by atoms with Crippen molar-refractivity contribution in [2.75, 3.05) is 0 Å². The first-order valence-corrected chi connectivity index (χ1v) is 5.80. The van der Waals surface area contributed by atoms with Crippen LogP contribution in [0.5, 0.6) is 0 Å². The summed E-state index contributed by atoms with van der Waals surface area (Å²) in [5, 5.41) is 0. The molecule has 0 aliphatic heterocycles. The van der Waals surface area contributed by atoms with E-state index in [1.165, 1.54) is 12.1 Å². The van der Waals surface area contributed by atoms with Crippen molar-refractivity contribution >= 4 is 5.91 Å². The number of hydrogen-bond acceptors (Lipinski definition) is 3. The third-order valence-electron chi connectivity index (χ3n) is 2.69. The summed E-state index contributed by atoms with van der Waals surface area (Å²) in [5.74, 6) is -0.978. The van der Waals surface area contributed by atoms with E-state index in [1.807, 2.05) is 0 Å². The number of oxazole rings is 1. The second kappa shape index (κ2) is 4.99. The molecule has 0 aliphatic rings. The van der Waals surface area contributed by atoms with E-state index in [2.05, 4.69) is 4.98 Å². The number of aryl methyl sites for hydroxylation is 1. The molecule has 0 fully saturated rings. The Morgan fingerprint density at radius 3 is 2.60 bits per heavy atom. The first-order valence-electron chi connectivity index (χ1n) is 5.80. The number of nitrogens with zero attached hydrogens (tertiary/aromatic N) is 1. The van der Waals surface area contributed by atoms with Crippen LogP contribution >= 0.6 is 0 Å². The lowest BCUT2D eigenvalue weighted by Crippen LogP contribution is -2.11. The van der Waals surface area contributed by atoms with Crippen molar-refractivity contribution in [1.29, 1.82) is 0 Å². The van der Waals surface area contributed by atoms with Gasteiger partial charge in [-0.05, 0) is 24.6 Å².